The molecule has 2 aromatic heterocycles. The van der Waals surface area contributed by atoms with Crippen LogP contribution in [0.3, 0.4) is 0 Å². The van der Waals surface area contributed by atoms with Crippen LogP contribution in [-0.4, -0.2) is 19.9 Å². The Hall–Kier alpha value is -2.88. The monoisotopic (exact) mass is 524 g/mol. The molecule has 0 spiro atoms. The van der Waals surface area contributed by atoms with Crippen molar-refractivity contribution in [3.8, 4) is 22.5 Å². The van der Waals surface area contributed by atoms with E-state index in [1.165, 1.54) is 30.5 Å². The Labute approximate surface area is 194 Å². The van der Waals surface area contributed by atoms with Gasteiger partial charge in [0, 0.05) is 11.1 Å². The lowest BCUT2D eigenvalue weighted by Crippen LogP contribution is -1.97. The van der Waals surface area contributed by atoms with E-state index in [0.29, 0.717) is 27.1 Å². The average molecular weight is 526 g/mol. The molecule has 0 aliphatic rings. The zero-order valence-electron chi connectivity index (χ0n) is 15.5. The maximum atomic E-state index is 13.0. The van der Waals surface area contributed by atoms with Crippen LogP contribution in [0.25, 0.3) is 22.5 Å². The van der Waals surface area contributed by atoms with Crippen LogP contribution >= 0.6 is 39.1 Å². The van der Waals surface area contributed by atoms with Crippen LogP contribution in [0.4, 0.5) is 20.4 Å². The van der Waals surface area contributed by atoms with Gasteiger partial charge >= 0.3 is 0 Å². The van der Waals surface area contributed by atoms with E-state index in [9.17, 15) is 8.78 Å². The van der Waals surface area contributed by atoms with Crippen LogP contribution in [0.2, 0.25) is 10.3 Å². The second kappa shape index (κ2) is 9.95. The van der Waals surface area contributed by atoms with Gasteiger partial charge in [0.15, 0.2) is 16.1 Å². The SMILES string of the molecule is Nc1cnc(-c2cccc(F)c2)c(Cl)n1.Nc1nc(Cl)c(-c2cccc(F)c2)nc1Br. The molecule has 2 aromatic carbocycles. The molecule has 4 rings (SSSR count). The molecule has 11 heteroatoms. The van der Waals surface area contributed by atoms with Gasteiger partial charge in [0.05, 0.1) is 6.20 Å². The van der Waals surface area contributed by atoms with E-state index in [1.807, 2.05) is 0 Å². The summed E-state index contributed by atoms with van der Waals surface area (Å²) in [5.74, 6) is -0.268. The molecule has 158 valence electrons. The summed E-state index contributed by atoms with van der Waals surface area (Å²) in [7, 11) is 0. The number of rotatable bonds is 2. The number of hydrogen-bond acceptors (Lipinski definition) is 6. The number of nitrogens with two attached hydrogens (primary N) is 2. The van der Waals surface area contributed by atoms with Crippen molar-refractivity contribution in [1.29, 1.82) is 0 Å². The predicted molar refractivity (Wildman–Crippen MR) is 121 cm³/mol. The second-order valence-electron chi connectivity index (χ2n) is 5.99. The molecule has 0 radical (unpaired) electrons. The first-order valence-electron chi connectivity index (χ1n) is 8.53. The first-order valence-corrected chi connectivity index (χ1v) is 10.1. The molecule has 6 nitrogen and oxygen atoms in total. The third-order valence-electron chi connectivity index (χ3n) is 3.78. The van der Waals surface area contributed by atoms with Gasteiger partial charge in [-0.1, -0.05) is 47.5 Å². The van der Waals surface area contributed by atoms with Gasteiger partial charge in [-0.2, -0.15) is 0 Å². The van der Waals surface area contributed by atoms with Crippen LogP contribution in [0.5, 0.6) is 0 Å². The fraction of sp³-hybridized carbons (Fsp3) is 0. The van der Waals surface area contributed by atoms with E-state index in [4.69, 9.17) is 34.7 Å². The fourth-order valence-corrected chi connectivity index (χ4v) is 3.20. The van der Waals surface area contributed by atoms with Crippen molar-refractivity contribution in [1.82, 2.24) is 19.9 Å². The van der Waals surface area contributed by atoms with Crippen LogP contribution < -0.4 is 11.5 Å². The van der Waals surface area contributed by atoms with Gasteiger partial charge in [-0.05, 0) is 40.2 Å². The van der Waals surface area contributed by atoms with Gasteiger partial charge in [-0.15, -0.1) is 0 Å². The van der Waals surface area contributed by atoms with Crippen LogP contribution in [0.1, 0.15) is 0 Å². The number of nitrogens with zero attached hydrogens (tertiary/aromatic N) is 4. The summed E-state index contributed by atoms with van der Waals surface area (Å²) in [6.45, 7) is 0. The second-order valence-corrected chi connectivity index (χ2v) is 7.46. The Morgan fingerprint density at radius 2 is 1.32 bits per heavy atom. The highest BCUT2D eigenvalue weighted by atomic mass is 79.9. The third kappa shape index (κ3) is 5.84. The molecule has 0 bridgehead atoms. The molecule has 0 saturated heterocycles. The molecule has 0 aliphatic carbocycles. The maximum absolute atomic E-state index is 13.0. The molecule has 4 aromatic rings. The van der Waals surface area contributed by atoms with Crippen LogP contribution in [0.15, 0.2) is 59.3 Å². The van der Waals surface area contributed by atoms with Gasteiger partial charge in [0.25, 0.3) is 0 Å². The van der Waals surface area contributed by atoms with E-state index in [-0.39, 0.29) is 33.6 Å². The summed E-state index contributed by atoms with van der Waals surface area (Å²) < 4.78 is 26.4. The number of nitrogen functional groups attached to an aromatic ring is 2. The maximum Gasteiger partial charge on any atom is 0.158 e. The van der Waals surface area contributed by atoms with Crippen LogP contribution in [-0.2, 0) is 0 Å². The standard InChI is InChI=1S/C10H6BrClFN3.C10H7ClFN3/c11-8-10(14)16-9(12)7(15-8)5-2-1-3-6(13)4-5;11-10-9(14-5-8(13)15-10)6-2-1-3-7(12)4-6/h1-4H,(H2,14,16);1-5H,(H2,13,15). The zero-order chi connectivity index (χ0) is 22.5. The molecule has 0 saturated carbocycles. The molecule has 0 fully saturated rings. The third-order valence-corrected chi connectivity index (χ3v) is 4.89. The Morgan fingerprint density at radius 3 is 1.87 bits per heavy atom. The van der Waals surface area contributed by atoms with Gasteiger partial charge in [0.1, 0.15) is 33.4 Å². The number of benzene rings is 2. The lowest BCUT2D eigenvalue weighted by atomic mass is 10.1. The number of hydrogen-bond donors (Lipinski definition) is 2. The summed E-state index contributed by atoms with van der Waals surface area (Å²) >= 11 is 14.9. The van der Waals surface area contributed by atoms with Crippen molar-refractivity contribution in [3.05, 3.63) is 81.3 Å². The van der Waals surface area contributed by atoms with E-state index in [2.05, 4.69) is 35.9 Å². The van der Waals surface area contributed by atoms with Gasteiger partial charge in [0.2, 0.25) is 0 Å². The van der Waals surface area contributed by atoms with Crippen molar-refractivity contribution >= 4 is 50.8 Å². The molecule has 0 aliphatic heterocycles. The van der Waals surface area contributed by atoms with E-state index in [0.717, 1.165) is 0 Å². The highest BCUT2D eigenvalue weighted by molar-refractivity contribution is 9.10. The topological polar surface area (TPSA) is 104 Å². The van der Waals surface area contributed by atoms with Crippen molar-refractivity contribution in [2.75, 3.05) is 11.5 Å². The minimum absolute atomic E-state index is 0.145. The smallest absolute Gasteiger partial charge is 0.158 e. The molecule has 0 unspecified atom stereocenters. The normalized spacial score (nSPS) is 10.4. The van der Waals surface area contributed by atoms with E-state index >= 15 is 0 Å². The molecule has 0 amide bonds. The molecule has 4 N–H and O–H groups in total. The Morgan fingerprint density at radius 1 is 0.774 bits per heavy atom. The highest BCUT2D eigenvalue weighted by Gasteiger charge is 2.11. The summed E-state index contributed by atoms with van der Waals surface area (Å²) in [6.07, 6.45) is 1.38. The fourth-order valence-electron chi connectivity index (χ4n) is 2.43. The van der Waals surface area contributed by atoms with Gasteiger partial charge in [-0.3, -0.25) is 0 Å². The quantitative estimate of drug-likeness (QED) is 0.343. The molecule has 31 heavy (non-hydrogen) atoms. The molecular formula is C20H13BrCl2F2N6. The van der Waals surface area contributed by atoms with Crippen molar-refractivity contribution < 1.29 is 8.78 Å². The Kier molecular flexibility index (Phi) is 7.32. The minimum Gasteiger partial charge on any atom is -0.382 e. The summed E-state index contributed by atoms with van der Waals surface area (Å²) in [4.78, 5) is 15.8. The summed E-state index contributed by atoms with van der Waals surface area (Å²) in [5, 5.41) is 0.312. The van der Waals surface area contributed by atoms with Crippen LogP contribution in [0, 0.1) is 11.6 Å². The first kappa shape index (κ1) is 22.8. The Bertz CT molecular complexity index is 1240. The Balaban J connectivity index is 0.000000176. The summed E-state index contributed by atoms with van der Waals surface area (Å²) in [5.41, 5.74) is 12.9. The van der Waals surface area contributed by atoms with E-state index < -0.39 is 0 Å². The predicted octanol–water partition coefficient (Wildman–Crippen LogP) is 5.80. The van der Waals surface area contributed by atoms with Gasteiger partial charge in [-0.25, -0.2) is 28.7 Å². The van der Waals surface area contributed by atoms with Crippen molar-refractivity contribution in [2.45, 2.75) is 0 Å². The largest absolute Gasteiger partial charge is 0.382 e. The number of aromatic nitrogens is 4. The average Bonchev–Trinajstić information content (AvgIpc) is 2.71. The van der Waals surface area contributed by atoms with Gasteiger partial charge < -0.3 is 11.5 Å². The molecule has 0 atom stereocenters. The lowest BCUT2D eigenvalue weighted by Gasteiger charge is -2.05. The number of halogens is 5. The molecular weight excluding hydrogens is 513 g/mol. The number of anilines is 2. The van der Waals surface area contributed by atoms with Crippen molar-refractivity contribution in [2.24, 2.45) is 0 Å². The minimum atomic E-state index is -0.358. The lowest BCUT2D eigenvalue weighted by molar-refractivity contribution is 0.628. The highest BCUT2D eigenvalue weighted by Crippen LogP contribution is 2.28. The van der Waals surface area contributed by atoms with Crippen molar-refractivity contribution in [3.63, 3.8) is 0 Å². The molecule has 2 heterocycles. The summed E-state index contributed by atoms with van der Waals surface area (Å²) in [6, 6.07) is 11.9. The zero-order valence-corrected chi connectivity index (χ0v) is 18.6. The van der Waals surface area contributed by atoms with E-state index in [1.54, 1.807) is 24.3 Å². The first-order chi connectivity index (χ1) is 14.7.